The Morgan fingerprint density at radius 2 is 1.96 bits per heavy atom. The van der Waals surface area contributed by atoms with E-state index in [1.165, 1.54) is 0 Å². The van der Waals surface area contributed by atoms with Crippen molar-refractivity contribution in [1.29, 1.82) is 0 Å². The van der Waals surface area contributed by atoms with E-state index in [1.807, 2.05) is 0 Å². The summed E-state index contributed by atoms with van der Waals surface area (Å²) in [7, 11) is 0. The Morgan fingerprint density at radius 1 is 1.22 bits per heavy atom. The van der Waals surface area contributed by atoms with Crippen molar-refractivity contribution in [2.75, 3.05) is 0 Å². The zero-order valence-electron chi connectivity index (χ0n) is 13.1. The predicted molar refractivity (Wildman–Crippen MR) is 88.1 cm³/mol. The normalized spacial score (nSPS) is 12.9. The van der Waals surface area contributed by atoms with Crippen molar-refractivity contribution in [3.63, 3.8) is 0 Å². The van der Waals surface area contributed by atoms with Gasteiger partial charge in [0.1, 0.15) is 29.3 Å². The van der Waals surface area contributed by atoms with Crippen molar-refractivity contribution in [1.82, 2.24) is 0 Å². The van der Waals surface area contributed by atoms with E-state index in [0.717, 1.165) is 16.7 Å². The fourth-order valence-electron chi connectivity index (χ4n) is 2.49. The second-order valence-corrected chi connectivity index (χ2v) is 6.89. The van der Waals surface area contributed by atoms with Gasteiger partial charge in [0.15, 0.2) is 0 Å². The Hall–Kier alpha value is -2.20. The van der Waals surface area contributed by atoms with Gasteiger partial charge in [0, 0.05) is 16.1 Å². The van der Waals surface area contributed by atoms with Gasteiger partial charge in [0.25, 0.3) is 0 Å². The number of phenolic OH excluding ortho intramolecular Hbond substituents is 1. The third-order valence-electron chi connectivity index (χ3n) is 3.46. The first kappa shape index (κ1) is 15.7. The standard InChI is InChI=1S/C18H17ClO4/c1-18(2,3)23-17(21)14-8-12-10(6-15(14)20)9-22-16-5-4-11(19)7-13(12)16/h4-8,20H,9H2,1-3H3. The van der Waals surface area contributed by atoms with Crippen LogP contribution in [0.5, 0.6) is 11.5 Å². The number of carbonyl (C=O) groups is 1. The molecule has 120 valence electrons. The molecule has 0 amide bonds. The molecule has 5 heteroatoms. The smallest absolute Gasteiger partial charge is 0.342 e. The molecule has 1 aliphatic heterocycles. The topological polar surface area (TPSA) is 55.8 Å². The van der Waals surface area contributed by atoms with Gasteiger partial charge in [-0.3, -0.25) is 0 Å². The molecule has 2 aromatic carbocycles. The van der Waals surface area contributed by atoms with Crippen LogP contribution in [0.4, 0.5) is 0 Å². The molecule has 0 saturated carbocycles. The van der Waals surface area contributed by atoms with Gasteiger partial charge in [-0.15, -0.1) is 0 Å². The fourth-order valence-corrected chi connectivity index (χ4v) is 2.66. The molecule has 0 aliphatic carbocycles. The number of fused-ring (bicyclic) bond motifs is 3. The van der Waals surface area contributed by atoms with Gasteiger partial charge in [-0.05, 0) is 56.7 Å². The van der Waals surface area contributed by atoms with E-state index in [2.05, 4.69) is 0 Å². The third-order valence-corrected chi connectivity index (χ3v) is 3.69. The van der Waals surface area contributed by atoms with E-state index in [1.54, 1.807) is 51.1 Å². The average molecular weight is 333 g/mol. The summed E-state index contributed by atoms with van der Waals surface area (Å²) in [6, 6.07) is 8.50. The summed E-state index contributed by atoms with van der Waals surface area (Å²) in [6.07, 6.45) is 0. The van der Waals surface area contributed by atoms with Gasteiger partial charge >= 0.3 is 5.97 Å². The number of hydrogen-bond donors (Lipinski definition) is 1. The summed E-state index contributed by atoms with van der Waals surface area (Å²) in [5.41, 5.74) is 1.90. The first-order valence-electron chi connectivity index (χ1n) is 7.26. The average Bonchev–Trinajstić information content (AvgIpc) is 2.44. The lowest BCUT2D eigenvalue weighted by Crippen LogP contribution is -2.24. The molecule has 0 atom stereocenters. The van der Waals surface area contributed by atoms with E-state index in [-0.39, 0.29) is 11.3 Å². The minimum Gasteiger partial charge on any atom is -0.507 e. The van der Waals surface area contributed by atoms with E-state index in [0.29, 0.717) is 17.4 Å². The van der Waals surface area contributed by atoms with Crippen molar-refractivity contribution < 1.29 is 19.4 Å². The van der Waals surface area contributed by atoms with Crippen LogP contribution in [0.3, 0.4) is 0 Å². The third kappa shape index (κ3) is 3.13. The van der Waals surface area contributed by atoms with Crippen molar-refractivity contribution >= 4 is 17.6 Å². The van der Waals surface area contributed by atoms with Gasteiger partial charge in [-0.1, -0.05) is 11.6 Å². The molecule has 0 radical (unpaired) electrons. The maximum Gasteiger partial charge on any atom is 0.342 e. The van der Waals surface area contributed by atoms with Crippen molar-refractivity contribution in [3.8, 4) is 22.6 Å². The Kier molecular flexibility index (Phi) is 3.72. The highest BCUT2D eigenvalue weighted by Crippen LogP contribution is 2.41. The number of halogens is 1. The molecule has 1 aliphatic rings. The molecule has 0 fully saturated rings. The summed E-state index contributed by atoms with van der Waals surface area (Å²) >= 11 is 6.07. The van der Waals surface area contributed by atoms with Gasteiger partial charge in [-0.25, -0.2) is 4.79 Å². The fraction of sp³-hybridized carbons (Fsp3) is 0.278. The van der Waals surface area contributed by atoms with Crippen LogP contribution in [-0.2, 0) is 11.3 Å². The molecule has 1 N–H and O–H groups in total. The van der Waals surface area contributed by atoms with Gasteiger partial charge in [0.05, 0.1) is 0 Å². The molecule has 0 unspecified atom stereocenters. The van der Waals surface area contributed by atoms with Crippen molar-refractivity contribution in [3.05, 3.63) is 46.5 Å². The van der Waals surface area contributed by atoms with E-state index >= 15 is 0 Å². The lowest BCUT2D eigenvalue weighted by Gasteiger charge is -2.23. The number of rotatable bonds is 1. The highest BCUT2D eigenvalue weighted by atomic mass is 35.5. The molecule has 0 spiro atoms. The molecule has 23 heavy (non-hydrogen) atoms. The van der Waals surface area contributed by atoms with Crippen LogP contribution >= 0.6 is 11.6 Å². The van der Waals surface area contributed by atoms with E-state index < -0.39 is 11.6 Å². The zero-order valence-corrected chi connectivity index (χ0v) is 13.9. The van der Waals surface area contributed by atoms with Crippen molar-refractivity contribution in [2.24, 2.45) is 0 Å². The van der Waals surface area contributed by atoms with Crippen LogP contribution in [0.2, 0.25) is 5.02 Å². The first-order chi connectivity index (χ1) is 10.7. The minimum absolute atomic E-state index is 0.118. The van der Waals surface area contributed by atoms with Crippen LogP contribution in [0.1, 0.15) is 36.7 Å². The number of esters is 1. The zero-order chi connectivity index (χ0) is 16.8. The monoisotopic (exact) mass is 332 g/mol. The lowest BCUT2D eigenvalue weighted by molar-refractivity contribution is 0.00668. The molecule has 3 rings (SSSR count). The summed E-state index contributed by atoms with van der Waals surface area (Å²) in [5.74, 6) is 0.0164. The SMILES string of the molecule is CC(C)(C)OC(=O)c1cc2c(cc1O)COc1ccc(Cl)cc1-2. The molecular formula is C18H17ClO4. The van der Waals surface area contributed by atoms with Crippen LogP contribution in [0.15, 0.2) is 30.3 Å². The summed E-state index contributed by atoms with van der Waals surface area (Å²) in [5, 5.41) is 10.7. The Bertz CT molecular complexity index is 790. The molecule has 2 aromatic rings. The van der Waals surface area contributed by atoms with Crippen LogP contribution in [0.25, 0.3) is 11.1 Å². The summed E-state index contributed by atoms with van der Waals surface area (Å²) < 4.78 is 11.0. The molecule has 0 bridgehead atoms. The van der Waals surface area contributed by atoms with Gasteiger partial charge in [-0.2, -0.15) is 0 Å². The second-order valence-electron chi connectivity index (χ2n) is 6.46. The Labute approximate surface area is 139 Å². The second kappa shape index (κ2) is 5.46. The Balaban J connectivity index is 2.10. The molecular weight excluding hydrogens is 316 g/mol. The number of phenols is 1. The summed E-state index contributed by atoms with van der Waals surface area (Å²) in [6.45, 7) is 5.67. The minimum atomic E-state index is -0.635. The number of ether oxygens (including phenoxy) is 2. The predicted octanol–water partition coefficient (Wildman–Crippen LogP) is 4.56. The van der Waals surface area contributed by atoms with E-state index in [9.17, 15) is 9.90 Å². The number of aromatic hydroxyl groups is 1. The molecule has 0 saturated heterocycles. The highest BCUT2D eigenvalue weighted by molar-refractivity contribution is 6.31. The first-order valence-corrected chi connectivity index (χ1v) is 7.64. The quantitative estimate of drug-likeness (QED) is 0.778. The number of benzene rings is 2. The van der Waals surface area contributed by atoms with Gasteiger partial charge in [0.2, 0.25) is 0 Å². The van der Waals surface area contributed by atoms with Crippen LogP contribution in [-0.4, -0.2) is 16.7 Å². The summed E-state index contributed by atoms with van der Waals surface area (Å²) in [4.78, 5) is 12.3. The van der Waals surface area contributed by atoms with Gasteiger partial charge < -0.3 is 14.6 Å². The van der Waals surface area contributed by atoms with Crippen LogP contribution in [0, 0.1) is 0 Å². The number of carbonyl (C=O) groups excluding carboxylic acids is 1. The maximum atomic E-state index is 12.3. The van der Waals surface area contributed by atoms with E-state index in [4.69, 9.17) is 21.1 Å². The Morgan fingerprint density at radius 3 is 2.65 bits per heavy atom. The van der Waals surface area contributed by atoms with Crippen molar-refractivity contribution in [2.45, 2.75) is 33.0 Å². The largest absolute Gasteiger partial charge is 0.507 e. The number of hydrogen-bond acceptors (Lipinski definition) is 4. The van der Waals surface area contributed by atoms with Crippen LogP contribution < -0.4 is 4.74 Å². The lowest BCUT2D eigenvalue weighted by atomic mass is 9.94. The molecule has 4 nitrogen and oxygen atoms in total. The maximum absolute atomic E-state index is 12.3. The molecule has 0 aromatic heterocycles. The highest BCUT2D eigenvalue weighted by Gasteiger charge is 2.25. The molecule has 1 heterocycles.